The molecule has 0 radical (unpaired) electrons. The van der Waals surface area contributed by atoms with Crippen molar-refractivity contribution in [2.45, 2.75) is 0 Å². The Morgan fingerprint density at radius 1 is 0.185 bits per heavy atom. The first-order valence-electron chi connectivity index (χ1n) is 18.5. The minimum absolute atomic E-state index is 1.11. The quantitative estimate of drug-likeness (QED) is 0.164. The van der Waals surface area contributed by atoms with E-state index in [1.54, 1.807) is 0 Å². The molecule has 0 bridgehead atoms. The number of nitrogens with zero attached hydrogens (tertiary/aromatic N) is 2. The van der Waals surface area contributed by atoms with Gasteiger partial charge in [-0.2, -0.15) is 0 Å². The van der Waals surface area contributed by atoms with Gasteiger partial charge in [0.15, 0.2) is 0 Å². The molecule has 0 aliphatic carbocycles. The van der Waals surface area contributed by atoms with E-state index in [9.17, 15) is 0 Å². The lowest BCUT2D eigenvalue weighted by Gasteiger charge is -2.27. The lowest BCUT2D eigenvalue weighted by Crippen LogP contribution is -2.10. The Labute approximate surface area is 315 Å². The van der Waals surface area contributed by atoms with Crippen LogP contribution in [-0.4, -0.2) is 0 Å². The third kappa shape index (κ3) is 5.90. The molecule has 0 aromatic heterocycles. The number of fused-ring (bicyclic) bond motifs is 4. The Morgan fingerprint density at radius 3 is 0.667 bits per heavy atom. The van der Waals surface area contributed by atoms with Crippen LogP contribution in [0, 0.1) is 0 Å². The van der Waals surface area contributed by atoms with Crippen LogP contribution in [0.1, 0.15) is 0 Å². The van der Waals surface area contributed by atoms with Crippen LogP contribution in [0.5, 0.6) is 0 Å². The Hall–Kier alpha value is -7.16. The Kier molecular flexibility index (Phi) is 7.85. The van der Waals surface area contributed by atoms with Crippen molar-refractivity contribution in [2.24, 2.45) is 0 Å². The monoisotopic (exact) mass is 688 g/mol. The summed E-state index contributed by atoms with van der Waals surface area (Å²) in [5, 5.41) is 9.82. The minimum atomic E-state index is 1.11. The molecule has 10 aromatic carbocycles. The number of anilines is 6. The van der Waals surface area contributed by atoms with Gasteiger partial charge >= 0.3 is 0 Å². The van der Waals surface area contributed by atoms with E-state index in [0.29, 0.717) is 0 Å². The number of rotatable bonds is 7. The minimum Gasteiger partial charge on any atom is -0.310 e. The zero-order valence-electron chi connectivity index (χ0n) is 29.7. The van der Waals surface area contributed by atoms with Gasteiger partial charge in [0, 0.05) is 34.1 Å². The maximum atomic E-state index is 2.36. The molecular formula is C52H36N2. The zero-order chi connectivity index (χ0) is 35.8. The van der Waals surface area contributed by atoms with Crippen molar-refractivity contribution in [3.63, 3.8) is 0 Å². The van der Waals surface area contributed by atoms with E-state index in [-0.39, 0.29) is 0 Å². The first-order valence-corrected chi connectivity index (χ1v) is 18.5. The fraction of sp³-hybridized carbons (Fsp3) is 0. The molecule has 254 valence electrons. The second kappa shape index (κ2) is 13.4. The predicted molar refractivity (Wildman–Crippen MR) is 231 cm³/mol. The van der Waals surface area contributed by atoms with Crippen LogP contribution < -0.4 is 9.80 Å². The Balaban J connectivity index is 1.02. The molecule has 0 saturated heterocycles. The topological polar surface area (TPSA) is 6.48 Å². The average molecular weight is 689 g/mol. The zero-order valence-corrected chi connectivity index (χ0v) is 29.7. The summed E-state index contributed by atoms with van der Waals surface area (Å²) >= 11 is 0. The highest BCUT2D eigenvalue weighted by molar-refractivity contribution is 5.94. The van der Waals surface area contributed by atoms with Crippen LogP contribution in [0.15, 0.2) is 218 Å². The average Bonchev–Trinajstić information content (AvgIpc) is 3.24. The van der Waals surface area contributed by atoms with Crippen LogP contribution in [-0.2, 0) is 0 Å². The van der Waals surface area contributed by atoms with Gasteiger partial charge in [-0.25, -0.2) is 0 Å². The first kappa shape index (κ1) is 31.6. The van der Waals surface area contributed by atoms with E-state index in [1.165, 1.54) is 54.2 Å². The number of hydrogen-bond acceptors (Lipinski definition) is 2. The summed E-state index contributed by atoms with van der Waals surface area (Å²) in [5.74, 6) is 0. The van der Waals surface area contributed by atoms with E-state index >= 15 is 0 Å². The maximum absolute atomic E-state index is 2.36. The number of benzene rings is 10. The molecule has 0 atom stereocenters. The normalized spacial score (nSPS) is 11.3. The standard InChI is InChI=1S/C52H36N2/c1-5-13-43-33-49(29-21-37(43)9-1)53(50-30-22-38-10-2-6-14-44(38)34-50)47-25-17-41(18-26-47)42-19-27-48(28-20-42)54(51-31-23-39-11-3-7-15-45(39)35-51)52-32-24-40-12-4-8-16-46(40)36-52/h1-36H. The summed E-state index contributed by atoms with van der Waals surface area (Å²) < 4.78 is 0. The van der Waals surface area contributed by atoms with Crippen molar-refractivity contribution in [2.75, 3.05) is 9.80 Å². The second-order valence-electron chi connectivity index (χ2n) is 13.9. The van der Waals surface area contributed by atoms with Gasteiger partial charge in [0.05, 0.1) is 0 Å². The third-order valence-corrected chi connectivity index (χ3v) is 10.5. The summed E-state index contributed by atoms with van der Waals surface area (Å²) in [7, 11) is 0. The SMILES string of the molecule is c1ccc2cc(N(c3ccc(-c4ccc(N(c5ccc6ccccc6c5)c5ccc6ccccc6c5)cc4)cc3)c3ccc4ccccc4c3)ccc2c1. The molecule has 10 rings (SSSR count). The highest BCUT2D eigenvalue weighted by Gasteiger charge is 2.16. The third-order valence-electron chi connectivity index (χ3n) is 10.5. The van der Waals surface area contributed by atoms with E-state index in [0.717, 1.165) is 34.1 Å². The van der Waals surface area contributed by atoms with Gasteiger partial charge in [-0.1, -0.05) is 146 Å². The van der Waals surface area contributed by atoms with Crippen molar-refractivity contribution < 1.29 is 0 Å². The van der Waals surface area contributed by atoms with Crippen molar-refractivity contribution in [1.29, 1.82) is 0 Å². The molecule has 0 unspecified atom stereocenters. The van der Waals surface area contributed by atoms with Crippen LogP contribution in [0.25, 0.3) is 54.2 Å². The van der Waals surface area contributed by atoms with Crippen molar-refractivity contribution in [1.82, 2.24) is 0 Å². The predicted octanol–water partition coefficient (Wildman–Crippen LogP) is 14.9. The highest BCUT2D eigenvalue weighted by Crippen LogP contribution is 2.40. The van der Waals surface area contributed by atoms with E-state index < -0.39 is 0 Å². The fourth-order valence-electron chi connectivity index (χ4n) is 7.76. The Morgan fingerprint density at radius 2 is 0.407 bits per heavy atom. The van der Waals surface area contributed by atoms with Gasteiger partial charge in [0.2, 0.25) is 0 Å². The first-order chi connectivity index (χ1) is 26.7. The van der Waals surface area contributed by atoms with E-state index in [1.807, 2.05) is 0 Å². The maximum Gasteiger partial charge on any atom is 0.0468 e. The van der Waals surface area contributed by atoms with Gasteiger partial charge in [0.25, 0.3) is 0 Å². The molecule has 10 aromatic rings. The lowest BCUT2D eigenvalue weighted by atomic mass is 10.0. The molecule has 0 amide bonds. The summed E-state index contributed by atoms with van der Waals surface area (Å²) in [6.45, 7) is 0. The molecule has 0 heterocycles. The van der Waals surface area contributed by atoms with Crippen LogP contribution >= 0.6 is 0 Å². The molecule has 0 aliphatic rings. The molecule has 2 nitrogen and oxygen atoms in total. The van der Waals surface area contributed by atoms with Gasteiger partial charge in [-0.15, -0.1) is 0 Å². The van der Waals surface area contributed by atoms with Crippen LogP contribution in [0.3, 0.4) is 0 Å². The lowest BCUT2D eigenvalue weighted by molar-refractivity contribution is 1.29. The molecule has 0 spiro atoms. The van der Waals surface area contributed by atoms with Crippen molar-refractivity contribution >= 4 is 77.2 Å². The van der Waals surface area contributed by atoms with Gasteiger partial charge in [-0.05, 0) is 127 Å². The summed E-state index contributed by atoms with van der Waals surface area (Å²) in [5.41, 5.74) is 9.08. The number of hydrogen-bond donors (Lipinski definition) is 0. The summed E-state index contributed by atoms with van der Waals surface area (Å²) in [6.07, 6.45) is 0. The molecule has 0 fully saturated rings. The van der Waals surface area contributed by atoms with Gasteiger partial charge in [-0.3, -0.25) is 0 Å². The second-order valence-corrected chi connectivity index (χ2v) is 13.9. The van der Waals surface area contributed by atoms with Gasteiger partial charge in [0.1, 0.15) is 0 Å². The molecule has 54 heavy (non-hydrogen) atoms. The van der Waals surface area contributed by atoms with Crippen molar-refractivity contribution in [3.8, 4) is 11.1 Å². The molecule has 0 N–H and O–H groups in total. The smallest absolute Gasteiger partial charge is 0.0468 e. The van der Waals surface area contributed by atoms with Crippen LogP contribution in [0.2, 0.25) is 0 Å². The largest absolute Gasteiger partial charge is 0.310 e. The van der Waals surface area contributed by atoms with E-state index in [2.05, 4.69) is 228 Å². The van der Waals surface area contributed by atoms with Crippen LogP contribution in [0.4, 0.5) is 34.1 Å². The van der Waals surface area contributed by atoms with Crippen molar-refractivity contribution in [3.05, 3.63) is 218 Å². The molecule has 0 aliphatic heterocycles. The van der Waals surface area contributed by atoms with E-state index in [4.69, 9.17) is 0 Å². The van der Waals surface area contributed by atoms with Gasteiger partial charge < -0.3 is 9.80 Å². The summed E-state index contributed by atoms with van der Waals surface area (Å²) in [4.78, 5) is 4.72. The highest BCUT2D eigenvalue weighted by atomic mass is 15.1. The molecule has 0 saturated carbocycles. The fourth-order valence-corrected chi connectivity index (χ4v) is 7.76. The Bertz CT molecular complexity index is 2580. The molecular weight excluding hydrogens is 653 g/mol. The molecule has 2 heteroatoms. The summed E-state index contributed by atoms with van der Waals surface area (Å²) in [6, 6.07) is 79.0.